The number of nitrogens with zero attached hydrogens (tertiary/aromatic N) is 7. The van der Waals surface area contributed by atoms with Crippen LogP contribution in [0.15, 0.2) is 181 Å². The monoisotopic (exact) mass is 715 g/mol. The van der Waals surface area contributed by atoms with Crippen LogP contribution in [-0.4, -0.2) is 34.5 Å². The highest BCUT2D eigenvalue weighted by atomic mass is 16.5. The van der Waals surface area contributed by atoms with Crippen molar-refractivity contribution in [1.82, 2.24) is 34.5 Å². The molecule has 0 unspecified atom stereocenters. The number of benzene rings is 6. The molecule has 0 atom stereocenters. The van der Waals surface area contributed by atoms with E-state index in [1.807, 2.05) is 163 Å². The summed E-state index contributed by atoms with van der Waals surface area (Å²) in [7, 11) is 0. The van der Waals surface area contributed by atoms with Crippen LogP contribution in [0.4, 0.5) is 0 Å². The van der Waals surface area contributed by atoms with Crippen LogP contribution in [0.2, 0.25) is 0 Å². The molecule has 10 nitrogen and oxygen atoms in total. The molecule has 0 fully saturated rings. The zero-order valence-electron chi connectivity index (χ0n) is 29.1. The SMILES string of the molecule is c1cc(Oc2ccccc2-c2ccc(Oc3ccc(-n4cc(-c5nc6ccccc6o5)cn4)cc3)cc2)cc(-n2cc(-c3cnc4ccccc4n3)cn2)c1. The van der Waals surface area contributed by atoms with E-state index in [-0.39, 0.29) is 0 Å². The van der Waals surface area contributed by atoms with Gasteiger partial charge in [-0.1, -0.05) is 60.7 Å². The Morgan fingerprint density at radius 3 is 2.00 bits per heavy atom. The summed E-state index contributed by atoms with van der Waals surface area (Å²) in [5, 5.41) is 9.12. The van der Waals surface area contributed by atoms with Crippen LogP contribution in [0.1, 0.15) is 0 Å². The van der Waals surface area contributed by atoms with Crippen molar-refractivity contribution in [2.45, 2.75) is 0 Å². The van der Waals surface area contributed by atoms with Crippen molar-refractivity contribution >= 4 is 22.1 Å². The van der Waals surface area contributed by atoms with Crippen LogP contribution in [0.3, 0.4) is 0 Å². The van der Waals surface area contributed by atoms with E-state index in [0.29, 0.717) is 23.1 Å². The summed E-state index contributed by atoms with van der Waals surface area (Å²) in [6.07, 6.45) is 9.16. The van der Waals surface area contributed by atoms with Crippen LogP contribution in [-0.2, 0) is 0 Å². The summed E-state index contributed by atoms with van der Waals surface area (Å²) in [5.41, 5.74) is 9.39. The van der Waals surface area contributed by atoms with Crippen LogP contribution in [0.5, 0.6) is 23.0 Å². The van der Waals surface area contributed by atoms with Crippen molar-refractivity contribution in [3.05, 3.63) is 177 Å². The lowest BCUT2D eigenvalue weighted by molar-refractivity contribution is 0.481. The fourth-order valence-corrected chi connectivity index (χ4v) is 6.38. The van der Waals surface area contributed by atoms with E-state index in [4.69, 9.17) is 18.9 Å². The van der Waals surface area contributed by atoms with Crippen LogP contribution in [0, 0.1) is 0 Å². The van der Waals surface area contributed by atoms with Gasteiger partial charge in [-0.25, -0.2) is 19.3 Å². The standard InChI is InChI=1S/C45H29N7O3/c1-5-14-43(54-37-9-7-8-34(24-37)52-28-31(25-47-52)42-27-46-39-11-2-3-12-40(39)49-42)38(10-1)30-16-20-35(21-17-30)53-36-22-18-33(19-23-36)51-29-32(26-48-51)45-50-41-13-4-6-15-44(41)55-45/h1-29H. The summed E-state index contributed by atoms with van der Waals surface area (Å²) in [5.74, 6) is 3.38. The maximum absolute atomic E-state index is 6.47. The Morgan fingerprint density at radius 1 is 0.473 bits per heavy atom. The Kier molecular flexibility index (Phi) is 7.88. The van der Waals surface area contributed by atoms with E-state index in [1.165, 1.54) is 0 Å². The van der Waals surface area contributed by atoms with Gasteiger partial charge >= 0.3 is 0 Å². The lowest BCUT2D eigenvalue weighted by atomic mass is 10.0. The van der Waals surface area contributed by atoms with Crippen molar-refractivity contribution in [2.75, 3.05) is 0 Å². The first-order valence-corrected chi connectivity index (χ1v) is 17.6. The second-order valence-electron chi connectivity index (χ2n) is 12.8. The molecule has 0 spiro atoms. The smallest absolute Gasteiger partial charge is 0.230 e. The normalized spacial score (nSPS) is 11.3. The largest absolute Gasteiger partial charge is 0.457 e. The van der Waals surface area contributed by atoms with Gasteiger partial charge in [0.05, 0.1) is 52.3 Å². The van der Waals surface area contributed by atoms with Crippen molar-refractivity contribution < 1.29 is 13.9 Å². The van der Waals surface area contributed by atoms with Gasteiger partial charge in [0.15, 0.2) is 5.58 Å². The lowest BCUT2D eigenvalue weighted by Gasteiger charge is -2.13. The molecule has 262 valence electrons. The number of rotatable bonds is 9. The highest BCUT2D eigenvalue weighted by Gasteiger charge is 2.13. The lowest BCUT2D eigenvalue weighted by Crippen LogP contribution is -1.95. The van der Waals surface area contributed by atoms with E-state index in [2.05, 4.69) is 20.2 Å². The third kappa shape index (κ3) is 6.44. The first-order chi connectivity index (χ1) is 27.2. The molecule has 0 bridgehead atoms. The van der Waals surface area contributed by atoms with E-state index < -0.39 is 0 Å². The minimum atomic E-state index is 0.535. The number of ether oxygens (including phenoxy) is 2. The second kappa shape index (κ2) is 13.6. The number of fused-ring (bicyclic) bond motifs is 2. The van der Waals surface area contributed by atoms with E-state index in [1.54, 1.807) is 23.3 Å². The topological polar surface area (TPSA) is 106 Å². The molecule has 0 saturated heterocycles. The van der Waals surface area contributed by atoms with Crippen molar-refractivity contribution in [2.24, 2.45) is 0 Å². The third-order valence-corrected chi connectivity index (χ3v) is 9.15. The van der Waals surface area contributed by atoms with Crippen molar-refractivity contribution in [3.8, 4) is 68.2 Å². The van der Waals surface area contributed by atoms with Crippen molar-refractivity contribution in [3.63, 3.8) is 0 Å². The molecule has 4 aromatic heterocycles. The number of hydrogen-bond donors (Lipinski definition) is 0. The fourth-order valence-electron chi connectivity index (χ4n) is 6.38. The molecule has 0 N–H and O–H groups in total. The number of para-hydroxylation sites is 5. The molecule has 6 aromatic carbocycles. The second-order valence-corrected chi connectivity index (χ2v) is 12.8. The molecule has 4 heterocycles. The third-order valence-electron chi connectivity index (χ3n) is 9.15. The van der Waals surface area contributed by atoms with Gasteiger partial charge in [0.2, 0.25) is 5.89 Å². The highest BCUT2D eigenvalue weighted by molar-refractivity contribution is 5.77. The zero-order chi connectivity index (χ0) is 36.6. The maximum Gasteiger partial charge on any atom is 0.230 e. The van der Waals surface area contributed by atoms with Gasteiger partial charge in [-0.05, 0) is 84.4 Å². The Hall–Kier alpha value is -7.85. The number of oxazole rings is 1. The first-order valence-electron chi connectivity index (χ1n) is 17.6. The molecule has 10 heteroatoms. The molecule has 0 amide bonds. The van der Waals surface area contributed by atoms with Gasteiger partial charge in [0.25, 0.3) is 0 Å². The van der Waals surface area contributed by atoms with Gasteiger partial charge < -0.3 is 13.9 Å². The van der Waals surface area contributed by atoms with E-state index >= 15 is 0 Å². The van der Waals surface area contributed by atoms with Gasteiger partial charge in [0.1, 0.15) is 28.5 Å². The Bertz CT molecular complexity index is 2910. The van der Waals surface area contributed by atoms with E-state index in [9.17, 15) is 0 Å². The summed E-state index contributed by atoms with van der Waals surface area (Å²) in [6, 6.07) is 47.1. The molecule has 0 aliphatic carbocycles. The maximum atomic E-state index is 6.47. The number of hydrogen-bond acceptors (Lipinski definition) is 8. The molecule has 10 rings (SSSR count). The molecule has 55 heavy (non-hydrogen) atoms. The quantitative estimate of drug-likeness (QED) is 0.145. The Labute approximate surface area is 314 Å². The Morgan fingerprint density at radius 2 is 1.16 bits per heavy atom. The first kappa shape index (κ1) is 31.9. The molecule has 0 aliphatic rings. The predicted octanol–water partition coefficient (Wildman–Crippen LogP) is 10.7. The highest BCUT2D eigenvalue weighted by Crippen LogP contribution is 2.35. The van der Waals surface area contributed by atoms with Gasteiger partial charge in [-0.2, -0.15) is 10.2 Å². The average molecular weight is 716 g/mol. The molecular weight excluding hydrogens is 687 g/mol. The summed E-state index contributed by atoms with van der Waals surface area (Å²) in [6.45, 7) is 0. The minimum absolute atomic E-state index is 0.535. The summed E-state index contributed by atoms with van der Waals surface area (Å²) >= 11 is 0. The van der Waals surface area contributed by atoms with Gasteiger partial charge in [-0.15, -0.1) is 0 Å². The average Bonchev–Trinajstić information content (AvgIpc) is 4.03. The van der Waals surface area contributed by atoms with Crippen molar-refractivity contribution in [1.29, 1.82) is 0 Å². The zero-order valence-corrected chi connectivity index (χ0v) is 29.1. The summed E-state index contributed by atoms with van der Waals surface area (Å²) in [4.78, 5) is 13.9. The predicted molar refractivity (Wildman–Crippen MR) is 211 cm³/mol. The van der Waals surface area contributed by atoms with Gasteiger partial charge in [0, 0.05) is 29.6 Å². The van der Waals surface area contributed by atoms with Crippen LogP contribution >= 0.6 is 0 Å². The van der Waals surface area contributed by atoms with Gasteiger partial charge in [-0.3, -0.25) is 4.98 Å². The fraction of sp³-hybridized carbons (Fsp3) is 0. The van der Waals surface area contributed by atoms with Crippen LogP contribution in [0.25, 0.3) is 67.3 Å². The number of aromatic nitrogens is 7. The molecular formula is C45H29N7O3. The van der Waals surface area contributed by atoms with E-state index in [0.717, 1.165) is 67.2 Å². The molecule has 0 aliphatic heterocycles. The summed E-state index contributed by atoms with van der Waals surface area (Å²) < 4.78 is 22.2. The minimum Gasteiger partial charge on any atom is -0.457 e. The van der Waals surface area contributed by atoms with Crippen LogP contribution < -0.4 is 9.47 Å². The molecule has 0 saturated carbocycles. The molecule has 0 radical (unpaired) electrons. The molecule has 10 aromatic rings. The Balaban J connectivity index is 0.818.